The molecular formula is C13H20BrN3O. The minimum atomic E-state index is 0.363. The van der Waals surface area contributed by atoms with Crippen LogP contribution in [0.4, 0.5) is 0 Å². The zero-order valence-electron chi connectivity index (χ0n) is 11.0. The first-order valence-electron chi connectivity index (χ1n) is 6.45. The highest BCUT2D eigenvalue weighted by molar-refractivity contribution is 9.10. The number of halogens is 1. The Morgan fingerprint density at radius 1 is 1.56 bits per heavy atom. The molecular weight excluding hydrogens is 294 g/mol. The maximum atomic E-state index is 11.7. The van der Waals surface area contributed by atoms with Gasteiger partial charge in [-0.2, -0.15) is 5.10 Å². The molecule has 0 atom stereocenters. The Balaban J connectivity index is 1.92. The molecule has 0 bridgehead atoms. The summed E-state index contributed by atoms with van der Waals surface area (Å²) in [4.78, 5) is 13.9. The summed E-state index contributed by atoms with van der Waals surface area (Å²) >= 11 is 3.52. The number of carbonyl (C=O) groups is 1. The third-order valence-electron chi connectivity index (χ3n) is 3.30. The number of hydrogen-bond donors (Lipinski definition) is 0. The fourth-order valence-corrected chi connectivity index (χ4v) is 2.47. The Labute approximate surface area is 116 Å². The van der Waals surface area contributed by atoms with Gasteiger partial charge in [-0.15, -0.1) is 0 Å². The van der Waals surface area contributed by atoms with Gasteiger partial charge in [0, 0.05) is 18.9 Å². The molecule has 0 spiro atoms. The van der Waals surface area contributed by atoms with E-state index in [0.29, 0.717) is 18.1 Å². The van der Waals surface area contributed by atoms with E-state index in [1.807, 2.05) is 10.9 Å². The summed E-state index contributed by atoms with van der Waals surface area (Å²) in [7, 11) is 4.10. The largest absolute Gasteiger partial charge is 0.308 e. The zero-order valence-corrected chi connectivity index (χ0v) is 12.6. The first-order valence-corrected chi connectivity index (χ1v) is 7.25. The molecule has 0 saturated heterocycles. The predicted molar refractivity (Wildman–Crippen MR) is 74.5 cm³/mol. The Morgan fingerprint density at radius 2 is 2.28 bits per heavy atom. The van der Waals surface area contributed by atoms with E-state index in [4.69, 9.17) is 0 Å². The van der Waals surface area contributed by atoms with Crippen molar-refractivity contribution in [2.24, 2.45) is 5.92 Å². The van der Waals surface area contributed by atoms with Crippen LogP contribution in [-0.2, 0) is 17.8 Å². The second kappa shape index (κ2) is 5.97. The standard InChI is InChI=1S/C13H20BrN3O/c1-16(2)7-8-17-12(11(14)9-15-17)5-6-13(18)10-3-4-10/h9-10H,3-8H2,1-2H3. The normalized spacial score (nSPS) is 15.3. The van der Waals surface area contributed by atoms with Crippen molar-refractivity contribution in [1.82, 2.24) is 14.7 Å². The predicted octanol–water partition coefficient (Wildman–Crippen LogP) is 2.12. The van der Waals surface area contributed by atoms with Crippen LogP contribution in [0.15, 0.2) is 10.7 Å². The monoisotopic (exact) mass is 313 g/mol. The minimum absolute atomic E-state index is 0.363. The smallest absolute Gasteiger partial charge is 0.136 e. The molecule has 1 aliphatic carbocycles. The summed E-state index contributed by atoms with van der Waals surface area (Å²) in [6, 6.07) is 0. The molecule has 0 aromatic carbocycles. The molecule has 4 nitrogen and oxygen atoms in total. The van der Waals surface area contributed by atoms with Crippen LogP contribution in [0.5, 0.6) is 0 Å². The molecule has 1 aromatic heterocycles. The topological polar surface area (TPSA) is 38.1 Å². The number of likely N-dealkylation sites (N-methyl/N-ethyl adjacent to an activating group) is 1. The highest BCUT2D eigenvalue weighted by atomic mass is 79.9. The molecule has 2 rings (SSSR count). The summed E-state index contributed by atoms with van der Waals surface area (Å²) < 4.78 is 3.02. The quantitative estimate of drug-likeness (QED) is 0.774. The number of rotatable bonds is 7. The maximum absolute atomic E-state index is 11.7. The molecule has 0 amide bonds. The Morgan fingerprint density at radius 3 is 2.89 bits per heavy atom. The number of carbonyl (C=O) groups excluding carboxylic acids is 1. The number of ketones is 1. The van der Waals surface area contributed by atoms with Crippen molar-refractivity contribution in [3.63, 3.8) is 0 Å². The van der Waals surface area contributed by atoms with Gasteiger partial charge in [0.2, 0.25) is 0 Å². The van der Waals surface area contributed by atoms with E-state index in [2.05, 4.69) is 40.0 Å². The lowest BCUT2D eigenvalue weighted by molar-refractivity contribution is -0.120. The molecule has 1 fully saturated rings. The van der Waals surface area contributed by atoms with Crippen LogP contribution in [0.1, 0.15) is 25.0 Å². The zero-order chi connectivity index (χ0) is 13.1. The van der Waals surface area contributed by atoms with Gasteiger partial charge in [0.25, 0.3) is 0 Å². The van der Waals surface area contributed by atoms with Gasteiger partial charge in [-0.25, -0.2) is 0 Å². The summed E-state index contributed by atoms with van der Waals surface area (Å²) in [5.74, 6) is 0.782. The molecule has 0 radical (unpaired) electrons. The summed E-state index contributed by atoms with van der Waals surface area (Å²) in [6.07, 6.45) is 5.46. The van der Waals surface area contributed by atoms with E-state index in [1.165, 1.54) is 0 Å². The van der Waals surface area contributed by atoms with Crippen LogP contribution in [0, 0.1) is 5.92 Å². The first kappa shape index (κ1) is 13.7. The number of Topliss-reactive ketones (excluding diaryl/α,β-unsaturated/α-hetero) is 1. The minimum Gasteiger partial charge on any atom is -0.308 e. The van der Waals surface area contributed by atoms with Gasteiger partial charge < -0.3 is 4.90 Å². The molecule has 0 aliphatic heterocycles. The van der Waals surface area contributed by atoms with Gasteiger partial charge in [-0.05, 0) is 49.3 Å². The number of nitrogens with zero attached hydrogens (tertiary/aromatic N) is 3. The summed E-state index contributed by atoms with van der Waals surface area (Å²) in [5, 5.41) is 4.36. The van der Waals surface area contributed by atoms with E-state index in [9.17, 15) is 4.79 Å². The molecule has 5 heteroatoms. The van der Waals surface area contributed by atoms with Crippen molar-refractivity contribution in [1.29, 1.82) is 0 Å². The average Bonchev–Trinajstić information content (AvgIpc) is 3.10. The number of aromatic nitrogens is 2. The van der Waals surface area contributed by atoms with Crippen LogP contribution >= 0.6 is 15.9 Å². The van der Waals surface area contributed by atoms with E-state index >= 15 is 0 Å². The molecule has 0 N–H and O–H groups in total. The Kier molecular flexibility index (Phi) is 4.56. The van der Waals surface area contributed by atoms with Gasteiger partial charge in [0.1, 0.15) is 5.78 Å². The Hall–Kier alpha value is -0.680. The van der Waals surface area contributed by atoms with Crippen molar-refractivity contribution < 1.29 is 4.79 Å². The lowest BCUT2D eigenvalue weighted by atomic mass is 10.1. The van der Waals surface area contributed by atoms with Crippen LogP contribution in [0.3, 0.4) is 0 Å². The van der Waals surface area contributed by atoms with Gasteiger partial charge in [-0.1, -0.05) is 0 Å². The Bertz CT molecular complexity index is 424. The third kappa shape index (κ3) is 3.65. The lowest BCUT2D eigenvalue weighted by Crippen LogP contribution is -2.20. The second-order valence-corrected chi connectivity index (χ2v) is 6.06. The maximum Gasteiger partial charge on any atom is 0.136 e. The van der Waals surface area contributed by atoms with E-state index in [-0.39, 0.29) is 0 Å². The van der Waals surface area contributed by atoms with Crippen molar-refractivity contribution in [3.8, 4) is 0 Å². The van der Waals surface area contributed by atoms with E-state index in [1.54, 1.807) is 0 Å². The molecule has 1 aromatic rings. The SMILES string of the molecule is CN(C)CCn1ncc(Br)c1CCC(=O)C1CC1. The van der Waals surface area contributed by atoms with Crippen molar-refractivity contribution >= 4 is 21.7 Å². The third-order valence-corrected chi connectivity index (χ3v) is 3.96. The highest BCUT2D eigenvalue weighted by Gasteiger charge is 2.29. The van der Waals surface area contributed by atoms with Crippen LogP contribution < -0.4 is 0 Å². The van der Waals surface area contributed by atoms with Crippen molar-refractivity contribution in [2.45, 2.75) is 32.2 Å². The summed E-state index contributed by atoms with van der Waals surface area (Å²) in [5.41, 5.74) is 1.14. The van der Waals surface area contributed by atoms with Crippen LogP contribution in [0.25, 0.3) is 0 Å². The fraction of sp³-hybridized carbons (Fsp3) is 0.692. The molecule has 18 heavy (non-hydrogen) atoms. The van der Waals surface area contributed by atoms with Gasteiger partial charge in [0.05, 0.1) is 22.9 Å². The molecule has 1 aliphatic rings. The van der Waals surface area contributed by atoms with Crippen LogP contribution in [-0.4, -0.2) is 41.1 Å². The molecule has 1 saturated carbocycles. The molecule has 100 valence electrons. The lowest BCUT2D eigenvalue weighted by Gasteiger charge is -2.12. The number of hydrogen-bond acceptors (Lipinski definition) is 3. The van der Waals surface area contributed by atoms with Gasteiger partial charge in [-0.3, -0.25) is 9.48 Å². The highest BCUT2D eigenvalue weighted by Crippen LogP contribution is 2.31. The average molecular weight is 314 g/mol. The van der Waals surface area contributed by atoms with Crippen molar-refractivity contribution in [3.05, 3.63) is 16.4 Å². The van der Waals surface area contributed by atoms with E-state index in [0.717, 1.165) is 42.5 Å². The van der Waals surface area contributed by atoms with Crippen molar-refractivity contribution in [2.75, 3.05) is 20.6 Å². The first-order chi connectivity index (χ1) is 8.58. The second-order valence-electron chi connectivity index (χ2n) is 5.21. The fourth-order valence-electron chi connectivity index (χ4n) is 1.97. The molecule has 0 unspecified atom stereocenters. The van der Waals surface area contributed by atoms with Crippen LogP contribution in [0.2, 0.25) is 0 Å². The summed E-state index contributed by atoms with van der Waals surface area (Å²) in [6.45, 7) is 1.82. The van der Waals surface area contributed by atoms with E-state index < -0.39 is 0 Å². The molecule has 1 heterocycles. The van der Waals surface area contributed by atoms with Gasteiger partial charge in [0.15, 0.2) is 0 Å². The van der Waals surface area contributed by atoms with Gasteiger partial charge >= 0.3 is 0 Å².